The van der Waals surface area contributed by atoms with E-state index in [0.717, 1.165) is 22.8 Å². The summed E-state index contributed by atoms with van der Waals surface area (Å²) in [6, 6.07) is 6.52. The van der Waals surface area contributed by atoms with Crippen LogP contribution in [0.3, 0.4) is 0 Å². The van der Waals surface area contributed by atoms with Gasteiger partial charge in [0.1, 0.15) is 0 Å². The maximum absolute atomic E-state index is 12.5. The fraction of sp³-hybridized carbons (Fsp3) is 0.368. The summed E-state index contributed by atoms with van der Waals surface area (Å²) in [5, 5.41) is 3.35. The van der Waals surface area contributed by atoms with E-state index in [1.165, 1.54) is 11.8 Å². The van der Waals surface area contributed by atoms with Gasteiger partial charge in [-0.2, -0.15) is 0 Å². The number of carbonyl (C=O) groups is 2. The number of nitrogens with one attached hydrogen (secondary N) is 1. The van der Waals surface area contributed by atoms with Crippen LogP contribution >= 0.6 is 23.5 Å². The number of ether oxygens (including phenoxy) is 1. The monoisotopic (exact) mass is 419 g/mol. The predicted molar refractivity (Wildman–Crippen MR) is 110 cm³/mol. The highest BCUT2D eigenvalue weighted by Crippen LogP contribution is 2.28. The number of hydrogen-bond donors (Lipinski definition) is 1. The Hall–Kier alpha value is -2.26. The van der Waals surface area contributed by atoms with Crippen LogP contribution in [0.15, 0.2) is 39.1 Å². The van der Waals surface area contributed by atoms with E-state index in [-0.39, 0.29) is 17.2 Å². The number of esters is 1. The van der Waals surface area contributed by atoms with Crippen molar-refractivity contribution < 1.29 is 14.3 Å². The van der Waals surface area contributed by atoms with Crippen LogP contribution in [-0.2, 0) is 22.5 Å². The van der Waals surface area contributed by atoms with Crippen molar-refractivity contribution in [2.24, 2.45) is 0 Å². The number of thioether (sulfide) groups is 2. The van der Waals surface area contributed by atoms with Gasteiger partial charge >= 0.3 is 5.97 Å². The van der Waals surface area contributed by atoms with Gasteiger partial charge in [-0.15, -0.1) is 11.8 Å². The molecule has 1 aliphatic heterocycles. The molecule has 0 atom stereocenters. The molecule has 0 radical (unpaired) electrons. The van der Waals surface area contributed by atoms with Gasteiger partial charge in [-0.3, -0.25) is 14.2 Å². The lowest BCUT2D eigenvalue weighted by Crippen LogP contribution is -2.25. The molecule has 7 nitrogen and oxygen atoms in total. The Labute approximate surface area is 171 Å². The van der Waals surface area contributed by atoms with Crippen LogP contribution in [0.2, 0.25) is 0 Å². The minimum atomic E-state index is -0.394. The highest BCUT2D eigenvalue weighted by molar-refractivity contribution is 8.00. The summed E-state index contributed by atoms with van der Waals surface area (Å²) >= 11 is 2.80. The second-order valence-electron chi connectivity index (χ2n) is 5.95. The Balaban J connectivity index is 1.63. The molecule has 148 valence electrons. The third-order valence-electron chi connectivity index (χ3n) is 4.08. The Bertz CT molecular complexity index is 941. The van der Waals surface area contributed by atoms with Crippen molar-refractivity contribution in [1.82, 2.24) is 9.55 Å². The van der Waals surface area contributed by atoms with Crippen LogP contribution in [0.5, 0.6) is 0 Å². The van der Waals surface area contributed by atoms with Crippen molar-refractivity contribution in [2.75, 3.05) is 23.4 Å². The van der Waals surface area contributed by atoms with Gasteiger partial charge in [-0.1, -0.05) is 11.8 Å². The van der Waals surface area contributed by atoms with Gasteiger partial charge < -0.3 is 10.1 Å². The summed E-state index contributed by atoms with van der Waals surface area (Å²) in [6.45, 7) is 4.47. The zero-order valence-electron chi connectivity index (χ0n) is 15.7. The molecule has 0 bridgehead atoms. The second kappa shape index (κ2) is 9.29. The summed E-state index contributed by atoms with van der Waals surface area (Å²) in [5.41, 5.74) is 1.83. The van der Waals surface area contributed by atoms with Crippen LogP contribution in [0, 0.1) is 0 Å². The smallest absolute Gasteiger partial charge is 0.338 e. The summed E-state index contributed by atoms with van der Waals surface area (Å²) in [6.07, 6.45) is 0.784. The number of anilines is 1. The van der Waals surface area contributed by atoms with Crippen LogP contribution < -0.4 is 10.9 Å². The summed E-state index contributed by atoms with van der Waals surface area (Å²) in [4.78, 5) is 41.8. The van der Waals surface area contributed by atoms with E-state index in [0.29, 0.717) is 29.6 Å². The van der Waals surface area contributed by atoms with E-state index >= 15 is 0 Å². The van der Waals surface area contributed by atoms with Gasteiger partial charge in [-0.05, 0) is 38.1 Å². The highest BCUT2D eigenvalue weighted by Gasteiger charge is 2.21. The molecule has 1 aliphatic rings. The first-order chi connectivity index (χ1) is 13.5. The zero-order valence-corrected chi connectivity index (χ0v) is 17.3. The number of fused-ring (bicyclic) bond motifs is 1. The minimum Gasteiger partial charge on any atom is -0.462 e. The third-order valence-corrected chi connectivity index (χ3v) is 6.16. The van der Waals surface area contributed by atoms with E-state index < -0.39 is 5.97 Å². The zero-order chi connectivity index (χ0) is 20.1. The van der Waals surface area contributed by atoms with Crippen molar-refractivity contribution >= 4 is 41.1 Å². The minimum absolute atomic E-state index is 0.0209. The van der Waals surface area contributed by atoms with Crippen molar-refractivity contribution in [2.45, 2.75) is 36.9 Å². The molecule has 1 N–H and O–H groups in total. The average molecular weight is 420 g/mol. The van der Waals surface area contributed by atoms with Gasteiger partial charge in [0.05, 0.1) is 28.5 Å². The van der Waals surface area contributed by atoms with E-state index in [2.05, 4.69) is 10.3 Å². The molecule has 2 heterocycles. The first-order valence-corrected chi connectivity index (χ1v) is 11.0. The lowest BCUT2D eigenvalue weighted by Gasteiger charge is -2.12. The molecule has 9 heteroatoms. The Morgan fingerprint density at radius 1 is 1.29 bits per heavy atom. The summed E-state index contributed by atoms with van der Waals surface area (Å²) in [7, 11) is 0. The molecule has 0 spiro atoms. The lowest BCUT2D eigenvalue weighted by molar-refractivity contribution is -0.113. The fourth-order valence-corrected chi connectivity index (χ4v) is 4.67. The lowest BCUT2D eigenvalue weighted by atomic mass is 10.2. The van der Waals surface area contributed by atoms with Crippen molar-refractivity contribution in [1.29, 1.82) is 0 Å². The quantitative estimate of drug-likeness (QED) is 0.419. The van der Waals surface area contributed by atoms with E-state index in [4.69, 9.17) is 4.74 Å². The van der Waals surface area contributed by atoms with Gasteiger partial charge in [0.15, 0.2) is 5.16 Å². The van der Waals surface area contributed by atoms with Crippen LogP contribution in [0.1, 0.15) is 29.9 Å². The molecule has 0 saturated carbocycles. The van der Waals surface area contributed by atoms with Crippen LogP contribution in [-0.4, -0.2) is 39.5 Å². The maximum atomic E-state index is 12.5. The number of amides is 1. The normalized spacial score (nSPS) is 12.5. The van der Waals surface area contributed by atoms with Gasteiger partial charge in [0, 0.05) is 24.4 Å². The largest absolute Gasteiger partial charge is 0.462 e. The van der Waals surface area contributed by atoms with Crippen molar-refractivity contribution in [3.63, 3.8) is 0 Å². The number of aryl methyl sites for hydroxylation is 1. The molecular weight excluding hydrogens is 398 g/mol. The first kappa shape index (κ1) is 20.5. The maximum Gasteiger partial charge on any atom is 0.338 e. The molecule has 1 amide bonds. The molecule has 0 fully saturated rings. The Morgan fingerprint density at radius 2 is 2.04 bits per heavy atom. The number of rotatable bonds is 7. The first-order valence-electron chi connectivity index (χ1n) is 8.99. The van der Waals surface area contributed by atoms with E-state index in [1.54, 1.807) is 47.5 Å². The molecule has 0 unspecified atom stereocenters. The number of benzene rings is 1. The second-order valence-corrected chi connectivity index (χ2v) is 8.00. The van der Waals surface area contributed by atoms with Crippen molar-refractivity contribution in [3.05, 3.63) is 45.9 Å². The molecule has 0 saturated heterocycles. The van der Waals surface area contributed by atoms with Gasteiger partial charge in [0.25, 0.3) is 5.56 Å². The molecule has 1 aromatic carbocycles. The third kappa shape index (κ3) is 4.59. The Morgan fingerprint density at radius 3 is 2.71 bits per heavy atom. The number of aromatic nitrogens is 2. The van der Waals surface area contributed by atoms with Crippen LogP contribution in [0.4, 0.5) is 5.69 Å². The predicted octanol–water partition coefficient (Wildman–Crippen LogP) is 2.82. The average Bonchev–Trinajstić information content (AvgIpc) is 3.16. The number of nitrogens with zero attached hydrogens (tertiary/aromatic N) is 2. The van der Waals surface area contributed by atoms with Crippen molar-refractivity contribution in [3.8, 4) is 0 Å². The van der Waals surface area contributed by atoms with E-state index in [1.807, 2.05) is 6.92 Å². The molecule has 28 heavy (non-hydrogen) atoms. The number of carbonyl (C=O) groups excluding carboxylic acids is 2. The molecular formula is C19H21N3O4S2. The SMILES string of the molecule is CCOC(=O)c1ccc(NC(=O)CSc2nc3c(c(=O)n2CC)SCC3)cc1. The molecule has 2 aromatic rings. The topological polar surface area (TPSA) is 90.3 Å². The van der Waals surface area contributed by atoms with Gasteiger partial charge in [-0.25, -0.2) is 9.78 Å². The number of hydrogen-bond acceptors (Lipinski definition) is 7. The molecule has 0 aliphatic carbocycles. The van der Waals surface area contributed by atoms with Gasteiger partial charge in [0.2, 0.25) is 5.91 Å². The summed E-state index contributed by atoms with van der Waals surface area (Å²) < 4.78 is 6.55. The summed E-state index contributed by atoms with van der Waals surface area (Å²) in [5.74, 6) is 0.408. The molecule has 3 rings (SSSR count). The molecule has 1 aromatic heterocycles. The Kier molecular flexibility index (Phi) is 6.79. The highest BCUT2D eigenvalue weighted by atomic mass is 32.2. The van der Waals surface area contributed by atoms with E-state index in [9.17, 15) is 14.4 Å². The fourth-order valence-electron chi connectivity index (χ4n) is 2.74. The standard InChI is InChI=1S/C19H21N3O4S2/c1-3-22-17(24)16-14(9-10-27-16)21-19(22)28-11-15(23)20-13-7-5-12(6-8-13)18(25)26-4-2/h5-8H,3-4,9-11H2,1-2H3,(H,20,23). The van der Waals surface area contributed by atoms with Crippen LogP contribution in [0.25, 0.3) is 0 Å².